The Labute approximate surface area is 108 Å². The number of hydrogen-bond donors (Lipinski definition) is 1. The van der Waals surface area contributed by atoms with Crippen molar-refractivity contribution in [3.63, 3.8) is 0 Å². The van der Waals surface area contributed by atoms with Gasteiger partial charge in [-0.15, -0.1) is 6.58 Å². The van der Waals surface area contributed by atoms with Crippen LogP contribution in [0, 0.1) is 0 Å². The Morgan fingerprint density at radius 2 is 1.83 bits per heavy atom. The summed E-state index contributed by atoms with van der Waals surface area (Å²) in [5, 5.41) is 9.93. The fourth-order valence-corrected chi connectivity index (χ4v) is 2.38. The lowest BCUT2D eigenvalue weighted by Gasteiger charge is -2.25. The van der Waals surface area contributed by atoms with Crippen LogP contribution in [0.3, 0.4) is 0 Å². The number of rotatable bonds is 3. The summed E-state index contributed by atoms with van der Waals surface area (Å²) < 4.78 is 22.9. The lowest BCUT2D eigenvalue weighted by molar-refractivity contribution is -0.175. The van der Waals surface area contributed by atoms with Crippen LogP contribution in [0.25, 0.3) is 0 Å². The van der Waals surface area contributed by atoms with Crippen molar-refractivity contribution in [2.75, 3.05) is 6.61 Å². The molecule has 2 aliphatic rings. The first-order valence-electron chi connectivity index (χ1n) is 6.22. The molecule has 1 N–H and O–H groups in total. The minimum absolute atomic E-state index is 0.249. The van der Waals surface area contributed by atoms with E-state index in [-0.39, 0.29) is 12.2 Å². The highest BCUT2D eigenvalue weighted by atomic mass is 16.8. The SMILES string of the molecule is C=C[C@@H](O)C1OC(C)(C)OC1[C@H]1COC(C)(C)O1. The van der Waals surface area contributed by atoms with Crippen molar-refractivity contribution in [1.29, 1.82) is 0 Å². The largest absolute Gasteiger partial charge is 0.386 e. The monoisotopic (exact) mass is 258 g/mol. The lowest BCUT2D eigenvalue weighted by Crippen LogP contribution is -2.43. The molecular formula is C13H22O5. The molecule has 5 heteroatoms. The van der Waals surface area contributed by atoms with E-state index in [2.05, 4.69) is 6.58 Å². The zero-order chi connectivity index (χ0) is 13.6. The molecule has 0 amide bonds. The van der Waals surface area contributed by atoms with Gasteiger partial charge in [0.2, 0.25) is 0 Å². The molecular weight excluding hydrogens is 236 g/mol. The molecule has 2 unspecified atom stereocenters. The van der Waals surface area contributed by atoms with E-state index >= 15 is 0 Å². The Bertz CT molecular complexity index is 325. The average Bonchev–Trinajstić information content (AvgIpc) is 2.77. The maximum atomic E-state index is 9.93. The summed E-state index contributed by atoms with van der Waals surface area (Å²) in [5.41, 5.74) is 0. The van der Waals surface area contributed by atoms with Crippen molar-refractivity contribution >= 4 is 0 Å². The Morgan fingerprint density at radius 1 is 1.17 bits per heavy atom. The summed E-state index contributed by atoms with van der Waals surface area (Å²) in [6.45, 7) is 11.4. The first-order valence-corrected chi connectivity index (χ1v) is 6.22. The van der Waals surface area contributed by atoms with E-state index in [9.17, 15) is 5.11 Å². The molecule has 2 aliphatic heterocycles. The van der Waals surface area contributed by atoms with Gasteiger partial charge in [-0.05, 0) is 27.7 Å². The van der Waals surface area contributed by atoms with Gasteiger partial charge >= 0.3 is 0 Å². The third-order valence-corrected chi connectivity index (χ3v) is 3.14. The number of aliphatic hydroxyl groups is 1. The molecule has 0 aliphatic carbocycles. The Kier molecular flexibility index (Phi) is 3.55. The second-order valence-corrected chi connectivity index (χ2v) is 5.66. The van der Waals surface area contributed by atoms with E-state index in [4.69, 9.17) is 18.9 Å². The molecule has 2 rings (SSSR count). The van der Waals surface area contributed by atoms with Gasteiger partial charge in [0.15, 0.2) is 11.6 Å². The van der Waals surface area contributed by atoms with Gasteiger partial charge < -0.3 is 24.1 Å². The van der Waals surface area contributed by atoms with Crippen molar-refractivity contribution in [2.24, 2.45) is 0 Å². The third-order valence-electron chi connectivity index (χ3n) is 3.14. The van der Waals surface area contributed by atoms with Crippen LogP contribution in [0.15, 0.2) is 12.7 Å². The third kappa shape index (κ3) is 2.75. The van der Waals surface area contributed by atoms with Gasteiger partial charge in [0, 0.05) is 0 Å². The summed E-state index contributed by atoms with van der Waals surface area (Å²) in [6.07, 6.45) is -0.441. The van der Waals surface area contributed by atoms with Crippen molar-refractivity contribution < 1.29 is 24.1 Å². The maximum absolute atomic E-state index is 9.93. The molecule has 4 atom stereocenters. The van der Waals surface area contributed by atoms with E-state index in [1.165, 1.54) is 6.08 Å². The molecule has 0 aromatic heterocycles. The summed E-state index contributed by atoms with van der Waals surface area (Å²) >= 11 is 0. The average molecular weight is 258 g/mol. The molecule has 104 valence electrons. The lowest BCUT2D eigenvalue weighted by atomic mass is 10.0. The zero-order valence-corrected chi connectivity index (χ0v) is 11.4. The topological polar surface area (TPSA) is 57.2 Å². The molecule has 2 heterocycles. The van der Waals surface area contributed by atoms with Crippen LogP contribution in [0.5, 0.6) is 0 Å². The van der Waals surface area contributed by atoms with Crippen molar-refractivity contribution in [3.8, 4) is 0 Å². The molecule has 18 heavy (non-hydrogen) atoms. The van der Waals surface area contributed by atoms with E-state index < -0.39 is 23.8 Å². The minimum atomic E-state index is -0.788. The van der Waals surface area contributed by atoms with E-state index in [0.29, 0.717) is 6.61 Å². The highest BCUT2D eigenvalue weighted by Gasteiger charge is 2.51. The van der Waals surface area contributed by atoms with Crippen molar-refractivity contribution in [3.05, 3.63) is 12.7 Å². The highest BCUT2D eigenvalue weighted by molar-refractivity contribution is 4.98. The molecule has 0 aromatic rings. The fourth-order valence-electron chi connectivity index (χ4n) is 2.38. The van der Waals surface area contributed by atoms with Crippen LogP contribution in [0.4, 0.5) is 0 Å². The van der Waals surface area contributed by atoms with Crippen LogP contribution in [-0.4, -0.2) is 47.7 Å². The Hall–Kier alpha value is -0.460. The predicted octanol–water partition coefficient (Wildman–Crippen LogP) is 1.20. The predicted molar refractivity (Wildman–Crippen MR) is 64.9 cm³/mol. The number of ether oxygens (including phenoxy) is 4. The zero-order valence-electron chi connectivity index (χ0n) is 11.4. The van der Waals surface area contributed by atoms with Crippen molar-refractivity contribution in [2.45, 2.75) is 63.7 Å². The summed E-state index contributed by atoms with van der Waals surface area (Å²) in [5.74, 6) is -1.36. The van der Waals surface area contributed by atoms with Crippen LogP contribution in [0.2, 0.25) is 0 Å². The van der Waals surface area contributed by atoms with E-state index in [1.807, 2.05) is 27.7 Å². The van der Waals surface area contributed by atoms with Crippen LogP contribution >= 0.6 is 0 Å². The highest BCUT2D eigenvalue weighted by Crippen LogP contribution is 2.36. The molecule has 0 bridgehead atoms. The molecule has 5 nitrogen and oxygen atoms in total. The fraction of sp³-hybridized carbons (Fsp3) is 0.846. The molecule has 0 aromatic carbocycles. The molecule has 2 fully saturated rings. The van der Waals surface area contributed by atoms with Crippen LogP contribution in [0.1, 0.15) is 27.7 Å². The van der Waals surface area contributed by atoms with E-state index in [1.54, 1.807) is 0 Å². The first-order chi connectivity index (χ1) is 8.24. The maximum Gasteiger partial charge on any atom is 0.164 e. The Morgan fingerprint density at radius 3 is 2.33 bits per heavy atom. The number of aliphatic hydroxyl groups excluding tert-OH is 1. The van der Waals surface area contributed by atoms with Gasteiger partial charge in [0.25, 0.3) is 0 Å². The van der Waals surface area contributed by atoms with Gasteiger partial charge in [-0.25, -0.2) is 0 Å². The summed E-state index contributed by atoms with van der Waals surface area (Å²) in [7, 11) is 0. The van der Waals surface area contributed by atoms with Crippen molar-refractivity contribution in [1.82, 2.24) is 0 Å². The normalized spacial score (nSPS) is 39.7. The first kappa shape index (κ1) is 14.0. The summed E-state index contributed by atoms with van der Waals surface area (Å²) in [6, 6.07) is 0. The quantitative estimate of drug-likeness (QED) is 0.771. The molecule has 0 saturated carbocycles. The Balaban J connectivity index is 2.12. The molecule has 0 spiro atoms. The van der Waals surface area contributed by atoms with E-state index in [0.717, 1.165) is 0 Å². The van der Waals surface area contributed by atoms with Gasteiger partial charge in [-0.3, -0.25) is 0 Å². The summed E-state index contributed by atoms with van der Waals surface area (Å²) in [4.78, 5) is 0. The number of hydrogen-bond acceptors (Lipinski definition) is 5. The van der Waals surface area contributed by atoms with Gasteiger partial charge in [-0.1, -0.05) is 6.08 Å². The second kappa shape index (κ2) is 4.58. The molecule has 0 radical (unpaired) electrons. The second-order valence-electron chi connectivity index (χ2n) is 5.66. The van der Waals surface area contributed by atoms with Gasteiger partial charge in [0.1, 0.15) is 24.4 Å². The van der Waals surface area contributed by atoms with Crippen LogP contribution < -0.4 is 0 Å². The van der Waals surface area contributed by atoms with Crippen LogP contribution in [-0.2, 0) is 18.9 Å². The minimum Gasteiger partial charge on any atom is -0.386 e. The van der Waals surface area contributed by atoms with Gasteiger partial charge in [-0.2, -0.15) is 0 Å². The standard InChI is InChI=1S/C13H22O5/c1-6-8(14)10-11(18-13(4,5)17-10)9-7-15-12(2,3)16-9/h6,8-11,14H,1,7H2,2-5H3/t8-,9-,10?,11?/m1/s1. The smallest absolute Gasteiger partial charge is 0.164 e. The molecule has 2 saturated heterocycles. The van der Waals surface area contributed by atoms with Gasteiger partial charge in [0.05, 0.1) is 6.61 Å².